The van der Waals surface area contributed by atoms with Crippen molar-refractivity contribution in [3.8, 4) is 0 Å². The molecule has 2 atom stereocenters. The Morgan fingerprint density at radius 2 is 1.70 bits per heavy atom. The molecule has 2 N–H and O–H groups in total. The Bertz CT molecular complexity index is 102. The summed E-state index contributed by atoms with van der Waals surface area (Å²) in [6.07, 6.45) is -1.65. The van der Waals surface area contributed by atoms with Crippen LogP contribution >= 0.6 is 11.6 Å². The lowest BCUT2D eigenvalue weighted by molar-refractivity contribution is -0.922. The van der Waals surface area contributed by atoms with Crippen molar-refractivity contribution in [2.75, 3.05) is 27.0 Å². The molecule has 0 heterocycles. The van der Waals surface area contributed by atoms with Crippen molar-refractivity contribution in [1.82, 2.24) is 0 Å². The third kappa shape index (κ3) is 2.84. The number of halogens is 1. The van der Waals surface area contributed by atoms with Gasteiger partial charge in [0.15, 0.2) is 0 Å². The monoisotopic (exact) mass is 168 g/mol. The van der Waals surface area contributed by atoms with Gasteiger partial charge in [0.1, 0.15) is 6.10 Å². The van der Waals surface area contributed by atoms with Gasteiger partial charge in [-0.15, -0.1) is 11.6 Å². The molecule has 0 amide bonds. The molecular formula is C6H15ClNO2+. The lowest BCUT2D eigenvalue weighted by Gasteiger charge is -2.31. The minimum Gasteiger partial charge on any atom is -0.383 e. The Morgan fingerprint density at radius 1 is 1.30 bits per heavy atom. The van der Waals surface area contributed by atoms with E-state index in [9.17, 15) is 5.11 Å². The molecule has 62 valence electrons. The number of nitrogens with zero attached hydrogens (tertiary/aromatic N) is 1. The molecular weight excluding hydrogens is 154 g/mol. The van der Waals surface area contributed by atoms with Crippen molar-refractivity contribution in [2.45, 2.75) is 12.3 Å². The van der Waals surface area contributed by atoms with Gasteiger partial charge in [0.05, 0.1) is 27.0 Å². The first-order valence-electron chi connectivity index (χ1n) is 3.13. The second kappa shape index (κ2) is 3.53. The van der Waals surface area contributed by atoms with Crippen LogP contribution in [0.5, 0.6) is 0 Å². The number of quaternary nitrogens is 1. The van der Waals surface area contributed by atoms with Crippen molar-refractivity contribution in [3.63, 3.8) is 0 Å². The molecule has 0 aliphatic carbocycles. The van der Waals surface area contributed by atoms with Crippen LogP contribution in [0.1, 0.15) is 0 Å². The summed E-state index contributed by atoms with van der Waals surface area (Å²) in [5.74, 6) is 0.0662. The third-order valence-corrected chi connectivity index (χ3v) is 1.61. The zero-order valence-electron chi connectivity index (χ0n) is 6.58. The molecule has 0 fully saturated rings. The maximum Gasteiger partial charge on any atom is 0.217 e. The normalized spacial score (nSPS) is 18.6. The van der Waals surface area contributed by atoms with Gasteiger partial charge in [0.2, 0.25) is 6.23 Å². The molecule has 10 heavy (non-hydrogen) atoms. The zero-order chi connectivity index (χ0) is 8.36. The van der Waals surface area contributed by atoms with Gasteiger partial charge in [0.25, 0.3) is 0 Å². The molecule has 0 rings (SSSR count). The highest BCUT2D eigenvalue weighted by Gasteiger charge is 2.27. The summed E-state index contributed by atoms with van der Waals surface area (Å²) in [6.45, 7) is 0. The van der Waals surface area contributed by atoms with Crippen LogP contribution in [0.2, 0.25) is 0 Å². The second-order valence-electron chi connectivity index (χ2n) is 3.25. The second-order valence-corrected chi connectivity index (χ2v) is 3.56. The Balaban J connectivity index is 3.94. The molecule has 0 radical (unpaired) electrons. The van der Waals surface area contributed by atoms with Gasteiger partial charge < -0.3 is 14.7 Å². The number of rotatable bonds is 3. The first-order chi connectivity index (χ1) is 4.39. The molecule has 0 saturated heterocycles. The number of hydrogen-bond acceptors (Lipinski definition) is 2. The van der Waals surface area contributed by atoms with E-state index in [-0.39, 0.29) is 5.88 Å². The summed E-state index contributed by atoms with van der Waals surface area (Å²) >= 11 is 5.33. The van der Waals surface area contributed by atoms with Crippen molar-refractivity contribution >= 4 is 11.6 Å². The Kier molecular flexibility index (Phi) is 3.59. The van der Waals surface area contributed by atoms with E-state index >= 15 is 0 Å². The minimum absolute atomic E-state index is 0.0662. The zero-order valence-corrected chi connectivity index (χ0v) is 7.34. The highest BCUT2D eigenvalue weighted by atomic mass is 35.5. The third-order valence-electron chi connectivity index (χ3n) is 1.30. The maximum atomic E-state index is 9.29. The van der Waals surface area contributed by atoms with Crippen molar-refractivity contribution in [2.24, 2.45) is 0 Å². The van der Waals surface area contributed by atoms with Crippen LogP contribution < -0.4 is 0 Å². The van der Waals surface area contributed by atoms with Gasteiger partial charge >= 0.3 is 0 Å². The summed E-state index contributed by atoms with van der Waals surface area (Å²) in [6, 6.07) is 0. The Labute approximate surface area is 66.4 Å². The fraction of sp³-hybridized carbons (Fsp3) is 1.00. The van der Waals surface area contributed by atoms with Gasteiger partial charge in [-0.3, -0.25) is 0 Å². The molecule has 2 unspecified atom stereocenters. The van der Waals surface area contributed by atoms with E-state index in [1.165, 1.54) is 0 Å². The molecule has 0 saturated carbocycles. The predicted octanol–water partition coefficient (Wildman–Crippen LogP) is -0.389. The molecule has 0 aromatic carbocycles. The average Bonchev–Trinajstić information content (AvgIpc) is 1.83. The van der Waals surface area contributed by atoms with E-state index in [0.717, 1.165) is 0 Å². The van der Waals surface area contributed by atoms with Crippen molar-refractivity contribution < 1.29 is 14.7 Å². The van der Waals surface area contributed by atoms with Crippen LogP contribution in [0, 0.1) is 0 Å². The SMILES string of the molecule is C[N+](C)(C)C(O)C(O)CCl. The first-order valence-corrected chi connectivity index (χ1v) is 3.66. The van der Waals surface area contributed by atoms with Gasteiger partial charge in [0, 0.05) is 0 Å². The largest absolute Gasteiger partial charge is 0.383 e. The first kappa shape index (κ1) is 10.2. The molecule has 0 aromatic rings. The van der Waals surface area contributed by atoms with E-state index in [1.54, 1.807) is 21.1 Å². The quantitative estimate of drug-likeness (QED) is 0.343. The van der Waals surface area contributed by atoms with Crippen LogP contribution in [-0.2, 0) is 0 Å². The van der Waals surface area contributed by atoms with Crippen LogP contribution in [0.15, 0.2) is 0 Å². The summed E-state index contributed by atoms with van der Waals surface area (Å²) < 4.78 is 0.299. The number of hydrogen-bond donors (Lipinski definition) is 2. The number of aliphatic hydroxyl groups excluding tert-OH is 2. The molecule has 0 aliphatic rings. The van der Waals surface area contributed by atoms with Crippen LogP contribution in [0.25, 0.3) is 0 Å². The van der Waals surface area contributed by atoms with E-state index in [0.29, 0.717) is 4.48 Å². The average molecular weight is 169 g/mol. The summed E-state index contributed by atoms with van der Waals surface area (Å²) in [5.41, 5.74) is 0. The smallest absolute Gasteiger partial charge is 0.217 e. The highest BCUT2D eigenvalue weighted by Crippen LogP contribution is 2.05. The van der Waals surface area contributed by atoms with Crippen LogP contribution in [-0.4, -0.2) is 54.1 Å². The van der Waals surface area contributed by atoms with E-state index in [2.05, 4.69) is 0 Å². The lowest BCUT2D eigenvalue weighted by Crippen LogP contribution is -2.52. The molecule has 3 nitrogen and oxygen atoms in total. The summed E-state index contributed by atoms with van der Waals surface area (Å²) in [7, 11) is 5.38. The molecule has 0 spiro atoms. The molecule has 0 aromatic heterocycles. The van der Waals surface area contributed by atoms with Gasteiger partial charge in [-0.25, -0.2) is 0 Å². The van der Waals surface area contributed by atoms with Gasteiger partial charge in [-0.1, -0.05) is 0 Å². The molecule has 4 heteroatoms. The Morgan fingerprint density at radius 3 is 1.80 bits per heavy atom. The van der Waals surface area contributed by atoms with Gasteiger partial charge in [-0.2, -0.15) is 0 Å². The summed E-state index contributed by atoms with van der Waals surface area (Å²) in [4.78, 5) is 0. The highest BCUT2D eigenvalue weighted by molar-refractivity contribution is 6.18. The fourth-order valence-electron chi connectivity index (χ4n) is 0.596. The molecule has 0 aliphatic heterocycles. The topological polar surface area (TPSA) is 40.5 Å². The molecule has 0 bridgehead atoms. The number of likely N-dealkylation sites (N-methyl/N-ethyl adjacent to an activating group) is 1. The van der Waals surface area contributed by atoms with Crippen molar-refractivity contribution in [1.29, 1.82) is 0 Å². The Hall–Kier alpha value is 0.170. The van der Waals surface area contributed by atoms with Crippen molar-refractivity contribution in [3.05, 3.63) is 0 Å². The van der Waals surface area contributed by atoms with Gasteiger partial charge in [-0.05, 0) is 0 Å². The number of alkyl halides is 1. The van der Waals surface area contributed by atoms with Crippen LogP contribution in [0.4, 0.5) is 0 Å². The van der Waals surface area contributed by atoms with E-state index < -0.39 is 12.3 Å². The lowest BCUT2D eigenvalue weighted by atomic mass is 10.3. The summed E-state index contributed by atoms with van der Waals surface area (Å²) in [5, 5.41) is 18.4. The maximum absolute atomic E-state index is 9.29. The van der Waals surface area contributed by atoms with E-state index in [1.807, 2.05) is 0 Å². The minimum atomic E-state index is -0.846. The number of aliphatic hydroxyl groups is 2. The fourth-order valence-corrected chi connectivity index (χ4v) is 0.755. The standard InChI is InChI=1S/C6H15ClNO2/c1-8(2,3)6(10)5(9)4-7/h5-6,9-10H,4H2,1-3H3/q+1. The van der Waals surface area contributed by atoms with E-state index in [4.69, 9.17) is 16.7 Å². The predicted molar refractivity (Wildman–Crippen MR) is 40.8 cm³/mol. The van der Waals surface area contributed by atoms with Crippen LogP contribution in [0.3, 0.4) is 0 Å².